The second kappa shape index (κ2) is 7.21. The minimum Gasteiger partial charge on any atom is -0.469 e. The lowest BCUT2D eigenvalue weighted by molar-refractivity contribution is -0.145. The molecule has 2 aliphatic rings. The largest absolute Gasteiger partial charge is 0.469 e. The molecule has 2 heterocycles. The molecule has 1 saturated heterocycles. The summed E-state index contributed by atoms with van der Waals surface area (Å²) in [5.41, 5.74) is 0. The molecule has 3 rings (SSSR count). The van der Waals surface area contributed by atoms with Crippen molar-refractivity contribution in [2.75, 3.05) is 7.11 Å². The van der Waals surface area contributed by atoms with Gasteiger partial charge >= 0.3 is 5.97 Å². The second-order valence-corrected chi connectivity index (χ2v) is 7.19. The summed E-state index contributed by atoms with van der Waals surface area (Å²) < 4.78 is 4.77. The predicted octanol–water partition coefficient (Wildman–Crippen LogP) is 3.38. The minimum absolute atomic E-state index is 0.0202. The van der Waals surface area contributed by atoms with Crippen LogP contribution < -0.4 is 0 Å². The molecule has 4 nitrogen and oxygen atoms in total. The topological polar surface area (TPSA) is 46.6 Å². The van der Waals surface area contributed by atoms with Crippen LogP contribution in [0.5, 0.6) is 0 Å². The molecule has 0 spiro atoms. The molecular formula is C18H21NO3S. The van der Waals surface area contributed by atoms with Crippen LogP contribution >= 0.6 is 11.8 Å². The second-order valence-electron chi connectivity index (χ2n) is 5.99. The summed E-state index contributed by atoms with van der Waals surface area (Å²) in [5, 5.41) is 0. The van der Waals surface area contributed by atoms with Gasteiger partial charge in [-0.25, -0.2) is 0 Å². The molecule has 2 aliphatic heterocycles. The number of piperidine rings is 1. The third kappa shape index (κ3) is 3.78. The Bertz CT molecular complexity index is 614. The maximum atomic E-state index is 12.6. The van der Waals surface area contributed by atoms with E-state index in [1.165, 1.54) is 7.11 Å². The number of hydrogen-bond donors (Lipinski definition) is 0. The van der Waals surface area contributed by atoms with E-state index < -0.39 is 0 Å². The Morgan fingerprint density at radius 2 is 2.09 bits per heavy atom. The summed E-state index contributed by atoms with van der Waals surface area (Å²) >= 11 is 1.67. The van der Waals surface area contributed by atoms with E-state index in [-0.39, 0.29) is 24.0 Å². The maximum Gasteiger partial charge on any atom is 0.307 e. The highest BCUT2D eigenvalue weighted by atomic mass is 32.2. The number of methoxy groups -OCH3 is 1. The maximum absolute atomic E-state index is 12.6. The molecule has 0 N–H and O–H groups in total. The molecule has 1 aromatic rings. The van der Waals surface area contributed by atoms with Crippen LogP contribution in [0.2, 0.25) is 0 Å². The molecule has 0 saturated carbocycles. The third-order valence-electron chi connectivity index (χ3n) is 4.46. The molecule has 0 radical (unpaired) electrons. The first-order chi connectivity index (χ1) is 11.2. The molecule has 1 aromatic carbocycles. The van der Waals surface area contributed by atoms with Crippen LogP contribution in [0.4, 0.5) is 0 Å². The summed E-state index contributed by atoms with van der Waals surface area (Å²) in [6.45, 7) is 0. The highest BCUT2D eigenvalue weighted by Crippen LogP contribution is 2.38. The first kappa shape index (κ1) is 16.1. The molecule has 122 valence electrons. The van der Waals surface area contributed by atoms with Gasteiger partial charge in [0.25, 0.3) is 0 Å². The summed E-state index contributed by atoms with van der Waals surface area (Å²) in [4.78, 5) is 28.4. The Balaban J connectivity index is 1.73. The van der Waals surface area contributed by atoms with Crippen LogP contribution in [0, 0.1) is 0 Å². The van der Waals surface area contributed by atoms with E-state index in [1.807, 2.05) is 23.1 Å². The zero-order chi connectivity index (χ0) is 16.2. The smallest absolute Gasteiger partial charge is 0.307 e. The summed E-state index contributed by atoms with van der Waals surface area (Å²) in [5.74, 6) is -0.204. The molecule has 0 unspecified atom stereocenters. The van der Waals surface area contributed by atoms with E-state index in [9.17, 15) is 9.59 Å². The van der Waals surface area contributed by atoms with E-state index in [0.29, 0.717) is 6.42 Å². The molecule has 0 aromatic heterocycles. The molecule has 1 amide bonds. The van der Waals surface area contributed by atoms with Gasteiger partial charge in [0.15, 0.2) is 0 Å². The zero-order valence-corrected chi connectivity index (χ0v) is 14.1. The fraction of sp³-hybridized carbons (Fsp3) is 0.444. The number of rotatable bonds is 4. The SMILES string of the molecule is COC(=O)C[C@@H]1CCC[C@H]2CC(Sc3ccccc3)=CC(=O)N12. The van der Waals surface area contributed by atoms with Crippen molar-refractivity contribution < 1.29 is 14.3 Å². The minimum atomic E-state index is -0.239. The lowest BCUT2D eigenvalue weighted by Gasteiger charge is -2.44. The average Bonchev–Trinajstić information content (AvgIpc) is 2.55. The number of amides is 1. The van der Waals surface area contributed by atoms with Crippen LogP contribution in [0.1, 0.15) is 32.1 Å². The van der Waals surface area contributed by atoms with Crippen LogP contribution in [0.15, 0.2) is 46.2 Å². The first-order valence-electron chi connectivity index (χ1n) is 8.00. The van der Waals surface area contributed by atoms with Crippen LogP contribution in [0.3, 0.4) is 0 Å². The number of ether oxygens (including phenoxy) is 1. The van der Waals surface area contributed by atoms with E-state index in [4.69, 9.17) is 4.74 Å². The van der Waals surface area contributed by atoms with Gasteiger partial charge in [0.1, 0.15) is 0 Å². The molecule has 1 fully saturated rings. The Labute approximate surface area is 140 Å². The van der Waals surface area contributed by atoms with Crippen molar-refractivity contribution in [2.45, 2.75) is 49.1 Å². The Morgan fingerprint density at radius 3 is 2.83 bits per heavy atom. The number of fused-ring (bicyclic) bond motifs is 1. The van der Waals surface area contributed by atoms with Gasteiger partial charge in [-0.15, -0.1) is 0 Å². The Morgan fingerprint density at radius 1 is 1.30 bits per heavy atom. The van der Waals surface area contributed by atoms with Crippen LogP contribution in [0.25, 0.3) is 0 Å². The van der Waals surface area contributed by atoms with Crippen molar-refractivity contribution in [3.63, 3.8) is 0 Å². The number of thioether (sulfide) groups is 1. The average molecular weight is 331 g/mol. The van der Waals surface area contributed by atoms with Crippen molar-refractivity contribution in [1.29, 1.82) is 0 Å². The van der Waals surface area contributed by atoms with E-state index in [2.05, 4.69) is 12.1 Å². The Hall–Kier alpha value is -1.75. The molecule has 5 heteroatoms. The molecule has 0 bridgehead atoms. The van der Waals surface area contributed by atoms with Gasteiger partial charge in [0.2, 0.25) is 5.91 Å². The molecular weight excluding hydrogens is 310 g/mol. The Kier molecular flexibility index (Phi) is 5.06. The molecule has 0 aliphatic carbocycles. The fourth-order valence-electron chi connectivity index (χ4n) is 3.42. The van der Waals surface area contributed by atoms with Crippen LogP contribution in [-0.2, 0) is 14.3 Å². The lowest BCUT2D eigenvalue weighted by atomic mass is 9.89. The quantitative estimate of drug-likeness (QED) is 0.794. The summed E-state index contributed by atoms with van der Waals surface area (Å²) in [6, 6.07) is 10.3. The number of nitrogens with zero attached hydrogens (tertiary/aromatic N) is 1. The van der Waals surface area contributed by atoms with Gasteiger partial charge in [-0.1, -0.05) is 30.0 Å². The number of carbonyl (C=O) groups is 2. The van der Waals surface area contributed by atoms with Crippen molar-refractivity contribution in [3.05, 3.63) is 41.3 Å². The van der Waals surface area contributed by atoms with Crippen molar-refractivity contribution >= 4 is 23.6 Å². The number of esters is 1. The first-order valence-corrected chi connectivity index (χ1v) is 8.81. The van der Waals surface area contributed by atoms with Gasteiger partial charge in [0, 0.05) is 23.1 Å². The van der Waals surface area contributed by atoms with Gasteiger partial charge in [-0.05, 0) is 42.7 Å². The van der Waals surface area contributed by atoms with Gasteiger partial charge in [-0.2, -0.15) is 0 Å². The van der Waals surface area contributed by atoms with E-state index >= 15 is 0 Å². The normalized spacial score (nSPS) is 24.0. The van der Waals surface area contributed by atoms with Crippen molar-refractivity contribution in [2.24, 2.45) is 0 Å². The number of hydrogen-bond acceptors (Lipinski definition) is 4. The highest BCUT2D eigenvalue weighted by Gasteiger charge is 2.37. The van der Waals surface area contributed by atoms with E-state index in [1.54, 1.807) is 17.8 Å². The highest BCUT2D eigenvalue weighted by molar-refractivity contribution is 8.03. The molecule has 2 atom stereocenters. The molecule has 23 heavy (non-hydrogen) atoms. The standard InChI is InChI=1S/C18H21NO3S/c1-22-18(21)11-14-7-5-6-13-10-16(12-17(20)19(13)14)23-15-8-3-2-4-9-15/h2-4,8-9,12-14H,5-7,10-11H2,1H3/t13-,14-/m0/s1. The van der Waals surface area contributed by atoms with Gasteiger partial charge in [-0.3, -0.25) is 9.59 Å². The van der Waals surface area contributed by atoms with Crippen molar-refractivity contribution in [1.82, 2.24) is 4.90 Å². The van der Waals surface area contributed by atoms with Crippen molar-refractivity contribution in [3.8, 4) is 0 Å². The monoisotopic (exact) mass is 331 g/mol. The summed E-state index contributed by atoms with van der Waals surface area (Å²) in [7, 11) is 1.40. The third-order valence-corrected chi connectivity index (χ3v) is 5.51. The fourth-order valence-corrected chi connectivity index (χ4v) is 4.45. The van der Waals surface area contributed by atoms with Crippen LogP contribution in [-0.4, -0.2) is 36.0 Å². The number of carbonyl (C=O) groups excluding carboxylic acids is 2. The zero-order valence-electron chi connectivity index (χ0n) is 13.2. The van der Waals surface area contributed by atoms with Gasteiger partial charge < -0.3 is 9.64 Å². The predicted molar refractivity (Wildman–Crippen MR) is 89.9 cm³/mol. The summed E-state index contributed by atoms with van der Waals surface area (Å²) in [6.07, 6.45) is 5.86. The van der Waals surface area contributed by atoms with Gasteiger partial charge in [0.05, 0.1) is 13.5 Å². The number of benzene rings is 1. The lowest BCUT2D eigenvalue weighted by Crippen LogP contribution is -2.52. The van der Waals surface area contributed by atoms with E-state index in [0.717, 1.165) is 35.5 Å².